The predicted octanol–water partition coefficient (Wildman–Crippen LogP) is 3.79. The molecule has 2 nitrogen and oxygen atoms in total. The van der Waals surface area contributed by atoms with E-state index in [9.17, 15) is 4.39 Å². The van der Waals surface area contributed by atoms with Gasteiger partial charge in [0.05, 0.1) is 0 Å². The number of aryl methyl sites for hydroxylation is 1. The lowest BCUT2D eigenvalue weighted by Gasteiger charge is -2.18. The van der Waals surface area contributed by atoms with Gasteiger partial charge in [-0.25, -0.2) is 4.39 Å². The molecule has 0 aliphatic heterocycles. The molecule has 0 amide bonds. The van der Waals surface area contributed by atoms with Crippen LogP contribution in [0.15, 0.2) is 41.0 Å². The van der Waals surface area contributed by atoms with Gasteiger partial charge >= 0.3 is 0 Å². The van der Waals surface area contributed by atoms with E-state index in [1.54, 1.807) is 12.3 Å². The first-order valence-electron chi connectivity index (χ1n) is 6.14. The lowest BCUT2D eigenvalue weighted by atomic mass is 9.98. The number of nitrogens with one attached hydrogen (secondary N) is 1. The minimum atomic E-state index is -0.220. The number of likely N-dealkylation sites (N-methyl/N-ethyl adjacent to an activating group) is 1. The van der Waals surface area contributed by atoms with Crippen molar-refractivity contribution in [3.8, 4) is 0 Å². The summed E-state index contributed by atoms with van der Waals surface area (Å²) in [5, 5.41) is 3.27. The summed E-state index contributed by atoms with van der Waals surface area (Å²) in [7, 11) is 1.91. The van der Waals surface area contributed by atoms with Crippen molar-refractivity contribution in [3.63, 3.8) is 0 Å². The van der Waals surface area contributed by atoms with E-state index in [0.717, 1.165) is 27.7 Å². The molecule has 2 rings (SSSR count). The van der Waals surface area contributed by atoms with Gasteiger partial charge in [-0.1, -0.05) is 22.0 Å². The Kier molecular flexibility index (Phi) is 4.66. The molecule has 0 bridgehead atoms. The molecule has 4 heteroatoms. The van der Waals surface area contributed by atoms with E-state index in [0.29, 0.717) is 0 Å². The third-order valence-electron chi connectivity index (χ3n) is 3.13. The first-order chi connectivity index (χ1) is 9.10. The molecule has 0 radical (unpaired) electrons. The van der Waals surface area contributed by atoms with E-state index in [1.807, 2.05) is 26.1 Å². The maximum Gasteiger partial charge on any atom is 0.124 e. The second-order valence-corrected chi connectivity index (χ2v) is 5.42. The van der Waals surface area contributed by atoms with Gasteiger partial charge in [0.25, 0.3) is 0 Å². The molecule has 1 N–H and O–H groups in total. The predicted molar refractivity (Wildman–Crippen MR) is 78.6 cm³/mol. The lowest BCUT2D eigenvalue weighted by Crippen LogP contribution is -2.20. The molecule has 1 heterocycles. The van der Waals surface area contributed by atoms with Gasteiger partial charge in [0.2, 0.25) is 0 Å². The summed E-state index contributed by atoms with van der Waals surface area (Å²) in [6.07, 6.45) is 2.50. The number of aromatic nitrogens is 1. The van der Waals surface area contributed by atoms with Crippen molar-refractivity contribution in [2.45, 2.75) is 19.4 Å². The Morgan fingerprint density at radius 1 is 1.37 bits per heavy atom. The number of benzene rings is 1. The Balaban J connectivity index is 2.26. The van der Waals surface area contributed by atoms with Gasteiger partial charge in [0.15, 0.2) is 0 Å². The van der Waals surface area contributed by atoms with E-state index in [1.165, 1.54) is 6.07 Å². The standard InChI is InChI=1S/C15H16BrFN2/c1-10-14(4-3-5-19-10)15(18-2)8-11-6-12(16)9-13(17)7-11/h3-7,9,15,18H,8H2,1-2H3. The van der Waals surface area contributed by atoms with Crippen molar-refractivity contribution in [1.82, 2.24) is 10.3 Å². The molecule has 0 spiro atoms. The summed E-state index contributed by atoms with van der Waals surface area (Å²) in [5.41, 5.74) is 3.09. The number of hydrogen-bond donors (Lipinski definition) is 1. The second-order valence-electron chi connectivity index (χ2n) is 4.50. The molecule has 0 aliphatic rings. The van der Waals surface area contributed by atoms with Crippen molar-refractivity contribution in [2.75, 3.05) is 7.05 Å². The van der Waals surface area contributed by atoms with Gasteiger partial charge in [-0.2, -0.15) is 0 Å². The van der Waals surface area contributed by atoms with Crippen LogP contribution in [-0.2, 0) is 6.42 Å². The number of nitrogens with zero attached hydrogens (tertiary/aromatic N) is 1. The highest BCUT2D eigenvalue weighted by Gasteiger charge is 2.13. The van der Waals surface area contributed by atoms with Gasteiger partial charge in [0, 0.05) is 22.4 Å². The van der Waals surface area contributed by atoms with Gasteiger partial charge in [-0.15, -0.1) is 0 Å². The van der Waals surface area contributed by atoms with Crippen LogP contribution in [0.3, 0.4) is 0 Å². The average Bonchev–Trinajstić information content (AvgIpc) is 2.36. The van der Waals surface area contributed by atoms with E-state index in [4.69, 9.17) is 0 Å². The van der Waals surface area contributed by atoms with Gasteiger partial charge < -0.3 is 5.32 Å². The molecule has 2 aromatic rings. The van der Waals surface area contributed by atoms with Crippen LogP contribution in [0, 0.1) is 12.7 Å². The highest BCUT2D eigenvalue weighted by molar-refractivity contribution is 9.10. The molecular weight excluding hydrogens is 307 g/mol. The van der Waals surface area contributed by atoms with Crippen LogP contribution in [0.1, 0.15) is 22.9 Å². The van der Waals surface area contributed by atoms with E-state index < -0.39 is 0 Å². The summed E-state index contributed by atoms with van der Waals surface area (Å²) >= 11 is 3.32. The molecule has 1 aromatic carbocycles. The molecule has 0 fully saturated rings. The third-order valence-corrected chi connectivity index (χ3v) is 3.59. The smallest absolute Gasteiger partial charge is 0.124 e. The zero-order valence-electron chi connectivity index (χ0n) is 11.0. The van der Waals surface area contributed by atoms with E-state index >= 15 is 0 Å². The molecule has 1 atom stereocenters. The zero-order valence-corrected chi connectivity index (χ0v) is 12.5. The minimum Gasteiger partial charge on any atom is -0.313 e. The lowest BCUT2D eigenvalue weighted by molar-refractivity contribution is 0.579. The molecule has 0 saturated carbocycles. The van der Waals surface area contributed by atoms with Crippen molar-refractivity contribution in [3.05, 3.63) is 63.6 Å². The van der Waals surface area contributed by atoms with Crippen molar-refractivity contribution in [1.29, 1.82) is 0 Å². The topological polar surface area (TPSA) is 24.9 Å². The fraction of sp³-hybridized carbons (Fsp3) is 0.267. The molecule has 1 aromatic heterocycles. The zero-order chi connectivity index (χ0) is 13.8. The summed E-state index contributed by atoms with van der Waals surface area (Å²) in [6.45, 7) is 1.99. The average molecular weight is 323 g/mol. The Morgan fingerprint density at radius 3 is 2.79 bits per heavy atom. The number of halogens is 2. The first-order valence-corrected chi connectivity index (χ1v) is 6.93. The van der Waals surface area contributed by atoms with Gasteiger partial charge in [-0.3, -0.25) is 4.98 Å². The number of hydrogen-bond acceptors (Lipinski definition) is 2. The third kappa shape index (κ3) is 3.61. The van der Waals surface area contributed by atoms with Crippen molar-refractivity contribution in [2.24, 2.45) is 0 Å². The highest BCUT2D eigenvalue weighted by atomic mass is 79.9. The maximum atomic E-state index is 13.4. The normalized spacial score (nSPS) is 12.4. The van der Waals surface area contributed by atoms with Crippen LogP contribution in [0.4, 0.5) is 4.39 Å². The fourth-order valence-corrected chi connectivity index (χ4v) is 2.71. The highest BCUT2D eigenvalue weighted by Crippen LogP contribution is 2.23. The molecular formula is C15H16BrFN2. The minimum absolute atomic E-state index is 0.127. The van der Waals surface area contributed by atoms with Crippen LogP contribution < -0.4 is 5.32 Å². The largest absolute Gasteiger partial charge is 0.313 e. The molecule has 0 aliphatic carbocycles. The summed E-state index contributed by atoms with van der Waals surface area (Å²) in [5.74, 6) is -0.220. The maximum absolute atomic E-state index is 13.4. The van der Waals surface area contributed by atoms with Gasteiger partial charge in [0.1, 0.15) is 5.82 Å². The number of rotatable bonds is 4. The second kappa shape index (κ2) is 6.26. The van der Waals surface area contributed by atoms with Crippen LogP contribution in [0.5, 0.6) is 0 Å². The molecule has 19 heavy (non-hydrogen) atoms. The van der Waals surface area contributed by atoms with E-state index in [2.05, 4.69) is 32.3 Å². The van der Waals surface area contributed by atoms with Crippen molar-refractivity contribution < 1.29 is 4.39 Å². The summed E-state index contributed by atoms with van der Waals surface area (Å²) in [4.78, 5) is 4.30. The molecule has 0 saturated heterocycles. The fourth-order valence-electron chi connectivity index (χ4n) is 2.20. The Hall–Kier alpha value is -1.26. The molecule has 100 valence electrons. The monoisotopic (exact) mass is 322 g/mol. The summed E-state index contributed by atoms with van der Waals surface area (Å²) in [6, 6.07) is 9.08. The SMILES string of the molecule is CNC(Cc1cc(F)cc(Br)c1)c1cccnc1C. The van der Waals surface area contributed by atoms with Crippen LogP contribution in [0.25, 0.3) is 0 Å². The van der Waals surface area contributed by atoms with Crippen molar-refractivity contribution >= 4 is 15.9 Å². The number of pyridine rings is 1. The molecule has 1 unspecified atom stereocenters. The Labute approximate surface area is 121 Å². The first kappa shape index (κ1) is 14.2. The van der Waals surface area contributed by atoms with Gasteiger partial charge in [-0.05, 0) is 55.8 Å². The van der Waals surface area contributed by atoms with Crippen LogP contribution >= 0.6 is 15.9 Å². The van der Waals surface area contributed by atoms with E-state index in [-0.39, 0.29) is 11.9 Å². The summed E-state index contributed by atoms with van der Waals surface area (Å²) < 4.78 is 14.2. The van der Waals surface area contributed by atoms with Crippen LogP contribution in [0.2, 0.25) is 0 Å². The van der Waals surface area contributed by atoms with Crippen LogP contribution in [-0.4, -0.2) is 12.0 Å². The Bertz CT molecular complexity index is 552. The quantitative estimate of drug-likeness (QED) is 0.926. The Morgan fingerprint density at radius 2 is 2.16 bits per heavy atom.